The van der Waals surface area contributed by atoms with Crippen molar-refractivity contribution in [2.45, 2.75) is 26.3 Å². The van der Waals surface area contributed by atoms with E-state index in [-0.39, 0.29) is 5.01 Å². The molecule has 0 radical (unpaired) electrons. The first-order chi connectivity index (χ1) is 7.65. The first-order valence-corrected chi connectivity index (χ1v) is 6.43. The first kappa shape index (κ1) is 11.5. The number of carbonyl (C=O) groups is 1. The predicted molar refractivity (Wildman–Crippen MR) is 62.7 cm³/mol. The lowest BCUT2D eigenvalue weighted by atomic mass is 9.99. The van der Waals surface area contributed by atoms with Crippen LogP contribution in [0.15, 0.2) is 5.38 Å². The van der Waals surface area contributed by atoms with Crippen molar-refractivity contribution >= 4 is 17.3 Å². The van der Waals surface area contributed by atoms with Crippen molar-refractivity contribution in [3.05, 3.63) is 16.1 Å². The third-order valence-electron chi connectivity index (χ3n) is 3.00. The SMILES string of the molecule is CC1CCN(Cc2csc(C(=O)O)n2)CC1. The fourth-order valence-electron chi connectivity index (χ4n) is 1.93. The highest BCUT2D eigenvalue weighted by Crippen LogP contribution is 2.19. The Kier molecular flexibility index (Phi) is 3.56. The van der Waals surface area contributed by atoms with Crippen molar-refractivity contribution < 1.29 is 9.90 Å². The summed E-state index contributed by atoms with van der Waals surface area (Å²) >= 11 is 1.21. The lowest BCUT2D eigenvalue weighted by Gasteiger charge is -2.29. The smallest absolute Gasteiger partial charge is 0.365 e. The number of carboxylic acids is 1. The van der Waals surface area contributed by atoms with E-state index in [4.69, 9.17) is 5.11 Å². The Labute approximate surface area is 98.9 Å². The number of aromatic carboxylic acids is 1. The van der Waals surface area contributed by atoms with Crippen LogP contribution in [-0.2, 0) is 6.54 Å². The average Bonchev–Trinajstić information content (AvgIpc) is 2.70. The predicted octanol–water partition coefficient (Wildman–Crippen LogP) is 2.07. The number of piperidine rings is 1. The van der Waals surface area contributed by atoms with Crippen molar-refractivity contribution in [2.24, 2.45) is 5.92 Å². The van der Waals surface area contributed by atoms with Crippen LogP contribution in [0.5, 0.6) is 0 Å². The van der Waals surface area contributed by atoms with E-state index in [0.29, 0.717) is 0 Å². The Bertz CT molecular complexity index is 370. The molecule has 4 nitrogen and oxygen atoms in total. The zero-order valence-corrected chi connectivity index (χ0v) is 10.2. The summed E-state index contributed by atoms with van der Waals surface area (Å²) < 4.78 is 0. The van der Waals surface area contributed by atoms with Crippen molar-refractivity contribution in [1.82, 2.24) is 9.88 Å². The molecule has 0 bridgehead atoms. The molecule has 1 aromatic rings. The van der Waals surface area contributed by atoms with Crippen molar-refractivity contribution in [1.29, 1.82) is 0 Å². The van der Waals surface area contributed by atoms with Gasteiger partial charge in [-0.1, -0.05) is 6.92 Å². The molecule has 1 fully saturated rings. The fourth-order valence-corrected chi connectivity index (χ4v) is 2.57. The van der Waals surface area contributed by atoms with Crippen molar-refractivity contribution in [2.75, 3.05) is 13.1 Å². The van der Waals surface area contributed by atoms with E-state index in [2.05, 4.69) is 16.8 Å². The summed E-state index contributed by atoms with van der Waals surface area (Å²) in [7, 11) is 0. The molecule has 0 aliphatic carbocycles. The number of hydrogen-bond acceptors (Lipinski definition) is 4. The second kappa shape index (κ2) is 4.93. The summed E-state index contributed by atoms with van der Waals surface area (Å²) in [6.07, 6.45) is 2.46. The Balaban J connectivity index is 1.91. The highest BCUT2D eigenvalue weighted by molar-refractivity contribution is 7.11. The summed E-state index contributed by atoms with van der Waals surface area (Å²) in [5.74, 6) is -0.107. The van der Waals surface area contributed by atoms with Gasteiger partial charge in [0.1, 0.15) is 0 Å². The van der Waals surface area contributed by atoms with Gasteiger partial charge in [-0.2, -0.15) is 0 Å². The Morgan fingerprint density at radius 1 is 1.62 bits per heavy atom. The molecule has 88 valence electrons. The quantitative estimate of drug-likeness (QED) is 0.878. The zero-order valence-electron chi connectivity index (χ0n) is 9.35. The fraction of sp³-hybridized carbons (Fsp3) is 0.636. The number of aromatic nitrogens is 1. The van der Waals surface area contributed by atoms with Crippen molar-refractivity contribution in [3.8, 4) is 0 Å². The van der Waals surface area contributed by atoms with Gasteiger partial charge >= 0.3 is 5.97 Å². The van der Waals surface area contributed by atoms with Crippen LogP contribution in [0.1, 0.15) is 35.3 Å². The van der Waals surface area contributed by atoms with E-state index < -0.39 is 5.97 Å². The van der Waals surface area contributed by atoms with E-state index in [9.17, 15) is 4.79 Å². The second-order valence-corrected chi connectivity index (χ2v) is 5.27. The monoisotopic (exact) mass is 240 g/mol. The molecule has 1 saturated heterocycles. The van der Waals surface area contributed by atoms with Gasteiger partial charge in [0.25, 0.3) is 0 Å². The third kappa shape index (κ3) is 2.80. The number of hydrogen-bond donors (Lipinski definition) is 1. The minimum Gasteiger partial charge on any atom is -0.476 e. The molecule has 1 aliphatic rings. The molecule has 5 heteroatoms. The average molecular weight is 240 g/mol. The molecule has 0 saturated carbocycles. The van der Waals surface area contributed by atoms with Crippen LogP contribution in [0.2, 0.25) is 0 Å². The van der Waals surface area contributed by atoms with Crippen molar-refractivity contribution in [3.63, 3.8) is 0 Å². The lowest BCUT2D eigenvalue weighted by molar-refractivity contribution is 0.0696. The number of nitrogens with zero attached hydrogens (tertiary/aromatic N) is 2. The van der Waals surface area contributed by atoms with Crippen LogP contribution in [0, 0.1) is 5.92 Å². The molecule has 0 atom stereocenters. The highest BCUT2D eigenvalue weighted by atomic mass is 32.1. The van der Waals surface area contributed by atoms with Gasteiger partial charge in [-0.25, -0.2) is 9.78 Å². The molecule has 1 N–H and O–H groups in total. The summed E-state index contributed by atoms with van der Waals surface area (Å²) in [6.45, 7) is 5.27. The van der Waals surface area contributed by atoms with Crippen LogP contribution in [0.25, 0.3) is 0 Å². The van der Waals surface area contributed by atoms with Gasteiger partial charge in [-0.05, 0) is 31.8 Å². The molecular weight excluding hydrogens is 224 g/mol. The maximum absolute atomic E-state index is 10.7. The molecule has 1 aromatic heterocycles. The summed E-state index contributed by atoms with van der Waals surface area (Å²) in [6, 6.07) is 0. The van der Waals surface area contributed by atoms with Gasteiger partial charge in [0.05, 0.1) is 5.69 Å². The van der Waals surface area contributed by atoms with Gasteiger partial charge in [-0.3, -0.25) is 4.90 Å². The van der Waals surface area contributed by atoms with Crippen LogP contribution in [-0.4, -0.2) is 34.0 Å². The largest absolute Gasteiger partial charge is 0.476 e. The van der Waals surface area contributed by atoms with Gasteiger partial charge in [0.2, 0.25) is 5.01 Å². The number of carboxylic acid groups (broad SMARTS) is 1. The minimum absolute atomic E-state index is 0.195. The standard InChI is InChI=1S/C11H16N2O2S/c1-8-2-4-13(5-3-8)6-9-7-16-10(12-9)11(14)15/h7-8H,2-6H2,1H3,(H,14,15). The third-order valence-corrected chi connectivity index (χ3v) is 3.88. The van der Waals surface area contributed by atoms with E-state index in [1.165, 1.54) is 24.2 Å². The molecule has 0 amide bonds. The number of likely N-dealkylation sites (tertiary alicyclic amines) is 1. The topological polar surface area (TPSA) is 53.4 Å². The Morgan fingerprint density at radius 2 is 2.31 bits per heavy atom. The highest BCUT2D eigenvalue weighted by Gasteiger charge is 2.17. The normalized spacial score (nSPS) is 18.8. The molecule has 0 unspecified atom stereocenters. The van der Waals surface area contributed by atoms with Crippen LogP contribution in [0.4, 0.5) is 0 Å². The lowest BCUT2D eigenvalue weighted by Crippen LogP contribution is -2.32. The number of rotatable bonds is 3. The molecule has 0 aromatic carbocycles. The second-order valence-electron chi connectivity index (χ2n) is 4.41. The zero-order chi connectivity index (χ0) is 11.5. The van der Waals surface area contributed by atoms with E-state index in [1.54, 1.807) is 0 Å². The molecule has 1 aliphatic heterocycles. The van der Waals surface area contributed by atoms with Crippen LogP contribution >= 0.6 is 11.3 Å². The van der Waals surface area contributed by atoms with E-state index >= 15 is 0 Å². The maximum Gasteiger partial charge on any atom is 0.365 e. The Morgan fingerprint density at radius 3 is 2.88 bits per heavy atom. The molecule has 0 spiro atoms. The van der Waals surface area contributed by atoms with E-state index in [1.807, 2.05) is 5.38 Å². The van der Waals surface area contributed by atoms with Crippen LogP contribution in [0.3, 0.4) is 0 Å². The number of thiazole rings is 1. The van der Waals surface area contributed by atoms with Gasteiger partial charge < -0.3 is 5.11 Å². The molecular formula is C11H16N2O2S. The van der Waals surface area contributed by atoms with Gasteiger partial charge in [-0.15, -0.1) is 11.3 Å². The molecule has 2 rings (SSSR count). The van der Waals surface area contributed by atoms with E-state index in [0.717, 1.165) is 31.2 Å². The first-order valence-electron chi connectivity index (χ1n) is 5.55. The molecule has 16 heavy (non-hydrogen) atoms. The summed E-state index contributed by atoms with van der Waals surface area (Å²) in [5.41, 5.74) is 0.886. The summed E-state index contributed by atoms with van der Waals surface area (Å²) in [5, 5.41) is 10.8. The van der Waals surface area contributed by atoms with Crippen LogP contribution < -0.4 is 0 Å². The van der Waals surface area contributed by atoms with Gasteiger partial charge in [0, 0.05) is 11.9 Å². The van der Waals surface area contributed by atoms with Gasteiger partial charge in [0.15, 0.2) is 0 Å². The minimum atomic E-state index is -0.927. The Hall–Kier alpha value is -0.940. The summed E-state index contributed by atoms with van der Waals surface area (Å²) in [4.78, 5) is 17.1. The molecule has 2 heterocycles. The maximum atomic E-state index is 10.7.